The van der Waals surface area contributed by atoms with E-state index < -0.39 is 0 Å². The van der Waals surface area contributed by atoms with Crippen molar-refractivity contribution in [3.63, 3.8) is 0 Å². The second kappa shape index (κ2) is 7.10. The summed E-state index contributed by atoms with van der Waals surface area (Å²) in [6, 6.07) is 5.70. The van der Waals surface area contributed by atoms with Crippen molar-refractivity contribution in [1.29, 1.82) is 0 Å². The molecule has 0 unspecified atom stereocenters. The average molecular weight is 349 g/mol. The van der Waals surface area contributed by atoms with Crippen molar-refractivity contribution in [3.8, 4) is 17.3 Å². The van der Waals surface area contributed by atoms with E-state index in [1.54, 1.807) is 17.7 Å². The van der Waals surface area contributed by atoms with Gasteiger partial charge in [-0.3, -0.25) is 5.10 Å². The van der Waals surface area contributed by atoms with E-state index in [1.807, 2.05) is 23.6 Å². The van der Waals surface area contributed by atoms with Gasteiger partial charge in [0.25, 0.3) is 0 Å². The highest BCUT2D eigenvalue weighted by atomic mass is 35.5. The average Bonchev–Trinajstić information content (AvgIpc) is 3.17. The second-order valence-electron chi connectivity index (χ2n) is 5.58. The summed E-state index contributed by atoms with van der Waals surface area (Å²) >= 11 is 7.71. The van der Waals surface area contributed by atoms with Crippen molar-refractivity contribution < 1.29 is 4.74 Å². The van der Waals surface area contributed by atoms with Crippen LogP contribution in [-0.4, -0.2) is 26.8 Å². The Morgan fingerprint density at radius 3 is 2.96 bits per heavy atom. The molecule has 1 aromatic carbocycles. The zero-order valence-corrected chi connectivity index (χ0v) is 14.5. The highest BCUT2D eigenvalue weighted by Gasteiger charge is 2.12. The third-order valence-electron chi connectivity index (χ3n) is 3.13. The van der Waals surface area contributed by atoms with Crippen LogP contribution >= 0.6 is 22.9 Å². The first-order valence-corrected chi connectivity index (χ1v) is 8.59. The molecule has 3 rings (SSSR count). The van der Waals surface area contributed by atoms with Crippen LogP contribution in [0.15, 0.2) is 29.9 Å². The molecule has 120 valence electrons. The lowest BCUT2D eigenvalue weighted by molar-refractivity contribution is 0.269. The Bertz CT molecular complexity index is 770. The molecule has 0 aliphatic heterocycles. The van der Waals surface area contributed by atoms with Gasteiger partial charge in [-0.1, -0.05) is 25.4 Å². The molecular formula is C16H17ClN4OS. The van der Waals surface area contributed by atoms with Gasteiger partial charge in [-0.15, -0.1) is 11.3 Å². The molecule has 0 aliphatic rings. The van der Waals surface area contributed by atoms with Crippen molar-refractivity contribution in [2.75, 3.05) is 6.61 Å². The first-order valence-electron chi connectivity index (χ1n) is 7.33. The number of nitrogens with zero attached hydrogens (tertiary/aromatic N) is 3. The van der Waals surface area contributed by atoms with Crippen molar-refractivity contribution in [2.24, 2.45) is 5.92 Å². The number of aromatic nitrogens is 4. The molecule has 0 aliphatic carbocycles. The van der Waals surface area contributed by atoms with Crippen LogP contribution in [0.4, 0.5) is 0 Å². The van der Waals surface area contributed by atoms with E-state index in [4.69, 9.17) is 16.3 Å². The molecule has 3 aromatic rings. The lowest BCUT2D eigenvalue weighted by Gasteiger charge is -2.13. The quantitative estimate of drug-likeness (QED) is 0.724. The third kappa shape index (κ3) is 4.09. The summed E-state index contributed by atoms with van der Waals surface area (Å²) in [4.78, 5) is 8.71. The lowest BCUT2D eigenvalue weighted by Crippen LogP contribution is -2.06. The molecule has 0 saturated carbocycles. The van der Waals surface area contributed by atoms with Gasteiger partial charge < -0.3 is 4.74 Å². The summed E-state index contributed by atoms with van der Waals surface area (Å²) in [6.45, 7) is 4.92. The van der Waals surface area contributed by atoms with E-state index >= 15 is 0 Å². The van der Waals surface area contributed by atoms with Gasteiger partial charge in [0.05, 0.1) is 11.6 Å². The number of nitrogens with one attached hydrogen (secondary N) is 1. The van der Waals surface area contributed by atoms with Gasteiger partial charge >= 0.3 is 0 Å². The second-order valence-corrected chi connectivity index (χ2v) is 6.96. The Balaban J connectivity index is 1.80. The molecule has 23 heavy (non-hydrogen) atoms. The zero-order valence-electron chi connectivity index (χ0n) is 12.9. The van der Waals surface area contributed by atoms with Crippen molar-refractivity contribution >= 4 is 22.9 Å². The number of hydrogen-bond acceptors (Lipinski definition) is 5. The van der Waals surface area contributed by atoms with Crippen LogP contribution in [0.2, 0.25) is 5.02 Å². The normalized spacial score (nSPS) is 11.1. The van der Waals surface area contributed by atoms with E-state index in [9.17, 15) is 0 Å². The Morgan fingerprint density at radius 2 is 2.22 bits per heavy atom. The Kier molecular flexibility index (Phi) is 4.93. The minimum Gasteiger partial charge on any atom is -0.493 e. The fourth-order valence-corrected chi connectivity index (χ4v) is 3.06. The molecule has 2 aromatic heterocycles. The molecular weight excluding hydrogens is 332 g/mol. The standard InChI is InChI=1S/C16H17ClN4OS/c1-10(2)7-22-14-4-3-12(17)5-11(14)6-15-20-13(8-23-15)16-18-9-19-21-16/h3-5,8-10H,6-7H2,1-2H3,(H,18,19,21). The van der Waals surface area contributed by atoms with Gasteiger partial charge in [-0.05, 0) is 24.1 Å². The monoisotopic (exact) mass is 348 g/mol. The molecule has 0 fully saturated rings. The number of hydrogen-bond donors (Lipinski definition) is 1. The van der Waals surface area contributed by atoms with Crippen LogP contribution in [-0.2, 0) is 6.42 Å². The fraction of sp³-hybridized carbons (Fsp3) is 0.312. The largest absolute Gasteiger partial charge is 0.493 e. The molecule has 2 heterocycles. The highest BCUT2D eigenvalue weighted by molar-refractivity contribution is 7.10. The molecule has 7 heteroatoms. The first-order chi connectivity index (χ1) is 11.1. The Hall–Kier alpha value is -1.92. The van der Waals surface area contributed by atoms with Crippen molar-refractivity contribution in [1.82, 2.24) is 20.2 Å². The summed E-state index contributed by atoms with van der Waals surface area (Å²) in [5.41, 5.74) is 1.81. The number of rotatable bonds is 6. The Morgan fingerprint density at radius 1 is 1.35 bits per heavy atom. The molecule has 0 spiro atoms. The third-order valence-corrected chi connectivity index (χ3v) is 4.22. The summed E-state index contributed by atoms with van der Waals surface area (Å²) in [7, 11) is 0. The van der Waals surface area contributed by atoms with Crippen LogP contribution in [0.1, 0.15) is 24.4 Å². The summed E-state index contributed by atoms with van der Waals surface area (Å²) in [5, 5.41) is 10.4. The van der Waals surface area contributed by atoms with Crippen LogP contribution in [0, 0.1) is 5.92 Å². The maximum atomic E-state index is 6.14. The molecule has 0 amide bonds. The van der Waals surface area contributed by atoms with E-state index in [0.29, 0.717) is 29.8 Å². The minimum absolute atomic E-state index is 0.468. The number of H-pyrrole nitrogens is 1. The number of ether oxygens (including phenoxy) is 1. The van der Waals surface area contributed by atoms with E-state index in [-0.39, 0.29) is 0 Å². The van der Waals surface area contributed by atoms with Crippen LogP contribution in [0.25, 0.3) is 11.5 Å². The first kappa shape index (κ1) is 16.0. The SMILES string of the molecule is CC(C)COc1ccc(Cl)cc1Cc1nc(-c2nc[nH]n2)cs1. The van der Waals surface area contributed by atoms with Crippen LogP contribution in [0.5, 0.6) is 5.75 Å². The number of aromatic amines is 1. The predicted octanol–water partition coefficient (Wildman–Crippen LogP) is 4.21. The lowest BCUT2D eigenvalue weighted by atomic mass is 10.1. The van der Waals surface area contributed by atoms with Gasteiger partial charge in [0.15, 0.2) is 5.82 Å². The molecule has 1 N–H and O–H groups in total. The summed E-state index contributed by atoms with van der Waals surface area (Å²) < 4.78 is 5.89. The number of thiazole rings is 1. The van der Waals surface area contributed by atoms with Crippen molar-refractivity contribution in [3.05, 3.63) is 45.5 Å². The van der Waals surface area contributed by atoms with Gasteiger partial charge in [-0.2, -0.15) is 5.10 Å². The van der Waals surface area contributed by atoms with Crippen LogP contribution in [0.3, 0.4) is 0 Å². The zero-order chi connectivity index (χ0) is 16.2. The maximum absolute atomic E-state index is 6.14. The van der Waals surface area contributed by atoms with E-state index in [0.717, 1.165) is 22.0 Å². The summed E-state index contributed by atoms with van der Waals surface area (Å²) in [6.07, 6.45) is 2.21. The Labute approximate surface area is 143 Å². The van der Waals surface area contributed by atoms with Crippen molar-refractivity contribution in [2.45, 2.75) is 20.3 Å². The minimum atomic E-state index is 0.468. The topological polar surface area (TPSA) is 63.7 Å². The maximum Gasteiger partial charge on any atom is 0.200 e. The van der Waals surface area contributed by atoms with E-state index in [2.05, 4.69) is 34.0 Å². The van der Waals surface area contributed by atoms with Crippen LogP contribution < -0.4 is 4.74 Å². The predicted molar refractivity (Wildman–Crippen MR) is 92.1 cm³/mol. The molecule has 0 radical (unpaired) electrons. The van der Waals surface area contributed by atoms with Gasteiger partial charge in [0, 0.05) is 22.4 Å². The molecule has 0 bridgehead atoms. The van der Waals surface area contributed by atoms with E-state index in [1.165, 1.54) is 0 Å². The fourth-order valence-electron chi connectivity index (χ4n) is 2.07. The summed E-state index contributed by atoms with van der Waals surface area (Å²) in [5.74, 6) is 1.93. The molecule has 0 atom stereocenters. The van der Waals surface area contributed by atoms with Gasteiger partial charge in [-0.25, -0.2) is 9.97 Å². The highest BCUT2D eigenvalue weighted by Crippen LogP contribution is 2.28. The smallest absolute Gasteiger partial charge is 0.200 e. The molecule has 0 saturated heterocycles. The van der Waals surface area contributed by atoms with Gasteiger partial charge in [0.1, 0.15) is 17.8 Å². The number of benzene rings is 1. The number of halogens is 1. The van der Waals surface area contributed by atoms with Gasteiger partial charge in [0.2, 0.25) is 0 Å². The molecule has 5 nitrogen and oxygen atoms in total.